The minimum absolute atomic E-state index is 0.0880. The van der Waals surface area contributed by atoms with Crippen LogP contribution in [0.4, 0.5) is 0 Å². The summed E-state index contributed by atoms with van der Waals surface area (Å²) in [6.07, 6.45) is 2.50. The standard InChI is InChI=1S/C5H3NO2S/c7-3-1-2-6-5(9)4(3)8/h1-2,7H. The SMILES string of the molecule is O=C1C(=S)N=CC=C1O. The van der Waals surface area contributed by atoms with Gasteiger partial charge in [0.15, 0.2) is 10.7 Å². The molecule has 0 spiro atoms. The summed E-state index contributed by atoms with van der Waals surface area (Å²) < 4.78 is 0. The molecule has 0 saturated heterocycles. The molecule has 9 heavy (non-hydrogen) atoms. The molecule has 0 fully saturated rings. The summed E-state index contributed by atoms with van der Waals surface area (Å²) in [6.45, 7) is 0. The van der Waals surface area contributed by atoms with Crippen molar-refractivity contribution in [3.8, 4) is 0 Å². The zero-order valence-electron chi connectivity index (χ0n) is 4.37. The van der Waals surface area contributed by atoms with Crippen molar-refractivity contribution in [1.82, 2.24) is 0 Å². The molecular weight excluding hydrogens is 138 g/mol. The first-order chi connectivity index (χ1) is 4.22. The zero-order chi connectivity index (χ0) is 6.85. The van der Waals surface area contributed by atoms with Gasteiger partial charge >= 0.3 is 0 Å². The first-order valence-corrected chi connectivity index (χ1v) is 2.64. The van der Waals surface area contributed by atoms with Crippen LogP contribution in [0, 0.1) is 0 Å². The molecule has 3 nitrogen and oxygen atoms in total. The van der Waals surface area contributed by atoms with Gasteiger partial charge in [0.1, 0.15) is 0 Å². The molecule has 1 rings (SSSR count). The Morgan fingerprint density at radius 2 is 2.33 bits per heavy atom. The van der Waals surface area contributed by atoms with Gasteiger partial charge in [-0.25, -0.2) is 4.99 Å². The van der Waals surface area contributed by atoms with Crippen LogP contribution in [0.25, 0.3) is 0 Å². The third-order valence-electron chi connectivity index (χ3n) is 0.851. The Balaban J connectivity index is 3.00. The van der Waals surface area contributed by atoms with Crippen LogP contribution >= 0.6 is 12.2 Å². The van der Waals surface area contributed by atoms with Crippen LogP contribution in [0.2, 0.25) is 0 Å². The molecule has 0 aliphatic carbocycles. The van der Waals surface area contributed by atoms with Crippen molar-refractivity contribution >= 4 is 29.2 Å². The van der Waals surface area contributed by atoms with Crippen molar-refractivity contribution < 1.29 is 9.90 Å². The van der Waals surface area contributed by atoms with Crippen LogP contribution in [-0.2, 0) is 4.79 Å². The van der Waals surface area contributed by atoms with E-state index in [-0.39, 0.29) is 10.7 Å². The van der Waals surface area contributed by atoms with Gasteiger partial charge in [0.2, 0.25) is 0 Å². The van der Waals surface area contributed by atoms with Crippen molar-refractivity contribution in [2.24, 2.45) is 4.99 Å². The molecule has 0 bridgehead atoms. The Bertz CT molecular complexity index is 229. The number of dihydropyridines is 1. The molecule has 0 aromatic carbocycles. The second-order valence-electron chi connectivity index (χ2n) is 1.46. The number of aliphatic hydroxyl groups excluding tert-OH is 1. The summed E-state index contributed by atoms with van der Waals surface area (Å²) in [5, 5.41) is 8.68. The lowest BCUT2D eigenvalue weighted by molar-refractivity contribution is -0.111. The second kappa shape index (κ2) is 2.06. The first-order valence-electron chi connectivity index (χ1n) is 2.24. The van der Waals surface area contributed by atoms with Crippen LogP contribution in [-0.4, -0.2) is 22.1 Å². The molecule has 0 saturated carbocycles. The van der Waals surface area contributed by atoms with E-state index < -0.39 is 5.78 Å². The number of hydrogen-bond donors (Lipinski definition) is 1. The number of carbonyl (C=O) groups is 1. The minimum Gasteiger partial charge on any atom is -0.504 e. The molecule has 0 radical (unpaired) electrons. The fourth-order valence-corrected chi connectivity index (χ4v) is 0.585. The van der Waals surface area contributed by atoms with Crippen molar-refractivity contribution in [3.63, 3.8) is 0 Å². The van der Waals surface area contributed by atoms with Crippen LogP contribution in [0.1, 0.15) is 0 Å². The summed E-state index contributed by atoms with van der Waals surface area (Å²) in [6, 6.07) is 0. The number of carbonyl (C=O) groups excluding carboxylic acids is 1. The van der Waals surface area contributed by atoms with Crippen molar-refractivity contribution in [3.05, 3.63) is 11.8 Å². The Kier molecular flexibility index (Phi) is 1.40. The quantitative estimate of drug-likeness (QED) is 0.497. The molecule has 0 amide bonds. The fraction of sp³-hybridized carbons (Fsp3) is 0. The molecule has 0 aromatic rings. The summed E-state index contributed by atoms with van der Waals surface area (Å²) in [4.78, 5) is 13.9. The number of ketones is 1. The number of aliphatic hydroxyl groups is 1. The molecule has 1 N–H and O–H groups in total. The van der Waals surface area contributed by atoms with E-state index in [1.54, 1.807) is 0 Å². The number of nitrogens with zero attached hydrogens (tertiary/aromatic N) is 1. The molecule has 0 unspecified atom stereocenters. The predicted molar refractivity (Wildman–Crippen MR) is 36.8 cm³/mol. The van der Waals surface area contributed by atoms with Gasteiger partial charge in [-0.05, 0) is 0 Å². The third kappa shape index (κ3) is 1.02. The average molecular weight is 141 g/mol. The van der Waals surface area contributed by atoms with E-state index in [2.05, 4.69) is 17.2 Å². The van der Waals surface area contributed by atoms with Gasteiger partial charge in [-0.3, -0.25) is 4.79 Å². The van der Waals surface area contributed by atoms with E-state index >= 15 is 0 Å². The molecular formula is C5H3NO2S. The van der Waals surface area contributed by atoms with Gasteiger partial charge in [0.05, 0.1) is 0 Å². The van der Waals surface area contributed by atoms with E-state index in [1.807, 2.05) is 0 Å². The number of hydrogen-bond acceptors (Lipinski definition) is 3. The lowest BCUT2D eigenvalue weighted by atomic mass is 10.3. The highest BCUT2D eigenvalue weighted by molar-refractivity contribution is 7.82. The average Bonchev–Trinajstić information content (AvgIpc) is 1.83. The maximum atomic E-state index is 10.6. The second-order valence-corrected chi connectivity index (χ2v) is 1.85. The van der Waals surface area contributed by atoms with E-state index in [1.165, 1.54) is 12.3 Å². The van der Waals surface area contributed by atoms with Crippen LogP contribution in [0.3, 0.4) is 0 Å². The van der Waals surface area contributed by atoms with Crippen LogP contribution in [0.15, 0.2) is 16.8 Å². The molecule has 0 aromatic heterocycles. The summed E-state index contributed by atoms with van der Waals surface area (Å²) in [7, 11) is 0. The number of Topliss-reactive ketones (excluding diaryl/α,β-unsaturated/α-hetero) is 1. The van der Waals surface area contributed by atoms with Crippen molar-refractivity contribution in [2.45, 2.75) is 0 Å². The third-order valence-corrected chi connectivity index (χ3v) is 1.14. The zero-order valence-corrected chi connectivity index (χ0v) is 5.18. The van der Waals surface area contributed by atoms with Gasteiger partial charge in [-0.15, -0.1) is 0 Å². The largest absolute Gasteiger partial charge is 0.504 e. The van der Waals surface area contributed by atoms with E-state index in [0.29, 0.717) is 0 Å². The lowest BCUT2D eigenvalue weighted by Crippen LogP contribution is -2.15. The lowest BCUT2D eigenvalue weighted by Gasteiger charge is -1.98. The molecule has 46 valence electrons. The Labute approximate surface area is 56.7 Å². The number of thiocarbonyl (C=S) groups is 1. The van der Waals surface area contributed by atoms with Crippen LogP contribution in [0.5, 0.6) is 0 Å². The van der Waals surface area contributed by atoms with Gasteiger partial charge in [-0.2, -0.15) is 0 Å². The van der Waals surface area contributed by atoms with E-state index in [4.69, 9.17) is 5.11 Å². The summed E-state index contributed by atoms with van der Waals surface area (Å²) in [5.41, 5.74) is 0. The molecule has 0 atom stereocenters. The Morgan fingerprint density at radius 3 is 2.78 bits per heavy atom. The summed E-state index contributed by atoms with van der Waals surface area (Å²) in [5.74, 6) is -0.914. The molecule has 4 heteroatoms. The maximum absolute atomic E-state index is 10.6. The maximum Gasteiger partial charge on any atom is 0.256 e. The monoisotopic (exact) mass is 141 g/mol. The first kappa shape index (κ1) is 6.10. The van der Waals surface area contributed by atoms with Gasteiger partial charge in [0.25, 0.3) is 5.78 Å². The van der Waals surface area contributed by atoms with Gasteiger partial charge in [0, 0.05) is 12.3 Å². The Morgan fingerprint density at radius 1 is 1.67 bits per heavy atom. The number of allylic oxidation sites excluding steroid dienone is 1. The normalized spacial score (nSPS) is 18.0. The molecule has 1 heterocycles. The predicted octanol–water partition coefficient (Wildman–Crippen LogP) is 0.409. The molecule has 1 aliphatic rings. The van der Waals surface area contributed by atoms with Crippen LogP contribution < -0.4 is 0 Å². The highest BCUT2D eigenvalue weighted by Crippen LogP contribution is 1.98. The highest BCUT2D eigenvalue weighted by atomic mass is 32.1. The fourth-order valence-electron chi connectivity index (χ4n) is 0.419. The topological polar surface area (TPSA) is 49.7 Å². The van der Waals surface area contributed by atoms with Gasteiger partial charge in [-0.1, -0.05) is 12.2 Å². The van der Waals surface area contributed by atoms with Gasteiger partial charge < -0.3 is 5.11 Å². The summed E-state index contributed by atoms with van der Waals surface area (Å²) >= 11 is 4.46. The number of aliphatic imine (C=N–C) groups is 1. The van der Waals surface area contributed by atoms with Crippen molar-refractivity contribution in [1.29, 1.82) is 0 Å². The van der Waals surface area contributed by atoms with E-state index in [9.17, 15) is 4.79 Å². The minimum atomic E-state index is -0.576. The number of rotatable bonds is 0. The highest BCUT2D eigenvalue weighted by Gasteiger charge is 2.14. The van der Waals surface area contributed by atoms with E-state index in [0.717, 1.165) is 0 Å². The van der Waals surface area contributed by atoms with Crippen molar-refractivity contribution in [2.75, 3.05) is 0 Å². The smallest absolute Gasteiger partial charge is 0.256 e. The molecule has 1 aliphatic heterocycles. The Hall–Kier alpha value is -1.03.